The van der Waals surface area contributed by atoms with E-state index in [-0.39, 0.29) is 0 Å². The van der Waals surface area contributed by atoms with E-state index < -0.39 is 0 Å². The van der Waals surface area contributed by atoms with E-state index in [1.807, 2.05) is 0 Å². The van der Waals surface area contributed by atoms with Crippen LogP contribution in [0.15, 0.2) is 35.9 Å². The summed E-state index contributed by atoms with van der Waals surface area (Å²) < 4.78 is 0. The van der Waals surface area contributed by atoms with Crippen molar-refractivity contribution in [3.05, 3.63) is 47.0 Å². The van der Waals surface area contributed by atoms with Crippen molar-refractivity contribution >= 4 is 0 Å². The van der Waals surface area contributed by atoms with E-state index in [1.54, 1.807) is 16.7 Å². The van der Waals surface area contributed by atoms with Crippen LogP contribution in [0.25, 0.3) is 0 Å². The van der Waals surface area contributed by atoms with Gasteiger partial charge in [-0.05, 0) is 86.2 Å². The van der Waals surface area contributed by atoms with Gasteiger partial charge in [-0.2, -0.15) is 0 Å². The highest BCUT2D eigenvalue weighted by molar-refractivity contribution is 5.29. The van der Waals surface area contributed by atoms with Crippen LogP contribution in [0.5, 0.6) is 0 Å². The molecular formula is C30H48. The summed E-state index contributed by atoms with van der Waals surface area (Å²) in [6.45, 7) is 7.02. The Balaban J connectivity index is 1.41. The lowest BCUT2D eigenvalue weighted by atomic mass is 9.76. The van der Waals surface area contributed by atoms with Gasteiger partial charge in [0.25, 0.3) is 0 Å². The van der Waals surface area contributed by atoms with E-state index in [4.69, 9.17) is 0 Å². The molecule has 2 atom stereocenters. The average Bonchev–Trinajstić information content (AvgIpc) is 2.80. The molecule has 1 aromatic carbocycles. The van der Waals surface area contributed by atoms with Crippen molar-refractivity contribution in [1.82, 2.24) is 0 Å². The number of hydrogen-bond donors (Lipinski definition) is 0. The molecule has 1 fully saturated rings. The fourth-order valence-corrected chi connectivity index (χ4v) is 5.83. The number of allylic oxidation sites excluding steroid dienone is 2. The van der Waals surface area contributed by atoms with Gasteiger partial charge in [0.15, 0.2) is 0 Å². The van der Waals surface area contributed by atoms with Gasteiger partial charge in [-0.15, -0.1) is 0 Å². The van der Waals surface area contributed by atoms with Gasteiger partial charge in [-0.3, -0.25) is 0 Å². The third-order valence-electron chi connectivity index (χ3n) is 8.25. The lowest BCUT2D eigenvalue weighted by Crippen LogP contribution is -2.13. The zero-order valence-electron chi connectivity index (χ0n) is 20.3. The molecule has 0 heteroatoms. The first-order valence-electron chi connectivity index (χ1n) is 13.5. The fraction of sp³-hybridized carbons (Fsp3) is 0.733. The molecule has 0 aromatic heterocycles. The predicted molar refractivity (Wildman–Crippen MR) is 133 cm³/mol. The zero-order valence-corrected chi connectivity index (χ0v) is 20.3. The van der Waals surface area contributed by atoms with Gasteiger partial charge in [0.05, 0.1) is 0 Å². The molecule has 1 aromatic rings. The standard InChI is InChI=1S/C30H48/c1-4-6-7-8-9-10-25-11-15-27(16-12-25)29-19-21-30(22-20-29)28-17-13-26(14-18-28)23-24(3)5-2/h13,19-22,24-25,27-28H,4-12,14-18,23H2,1-3H3. The Hall–Kier alpha value is -1.04. The summed E-state index contributed by atoms with van der Waals surface area (Å²) in [5, 5.41) is 0. The molecule has 0 N–H and O–H groups in total. The van der Waals surface area contributed by atoms with Gasteiger partial charge in [0, 0.05) is 0 Å². The summed E-state index contributed by atoms with van der Waals surface area (Å²) in [4.78, 5) is 0. The minimum atomic E-state index is 0.753. The molecule has 30 heavy (non-hydrogen) atoms. The van der Waals surface area contributed by atoms with Crippen LogP contribution in [0.2, 0.25) is 0 Å². The second-order valence-corrected chi connectivity index (χ2v) is 10.6. The molecule has 2 aliphatic rings. The Morgan fingerprint density at radius 1 is 0.800 bits per heavy atom. The fourth-order valence-electron chi connectivity index (χ4n) is 5.83. The maximum Gasteiger partial charge on any atom is -0.0124 e. The average molecular weight is 409 g/mol. The Morgan fingerprint density at radius 3 is 2.07 bits per heavy atom. The number of benzene rings is 1. The molecule has 0 radical (unpaired) electrons. The van der Waals surface area contributed by atoms with Crippen LogP contribution < -0.4 is 0 Å². The van der Waals surface area contributed by atoms with Crippen LogP contribution in [0.4, 0.5) is 0 Å². The highest BCUT2D eigenvalue weighted by atomic mass is 14.3. The molecule has 168 valence electrons. The van der Waals surface area contributed by atoms with Crippen LogP contribution in [-0.4, -0.2) is 0 Å². The first-order valence-corrected chi connectivity index (χ1v) is 13.5. The minimum absolute atomic E-state index is 0.753. The van der Waals surface area contributed by atoms with Crippen LogP contribution in [0.3, 0.4) is 0 Å². The van der Waals surface area contributed by atoms with Crippen molar-refractivity contribution in [3.63, 3.8) is 0 Å². The molecule has 0 bridgehead atoms. The summed E-state index contributed by atoms with van der Waals surface area (Å²) >= 11 is 0. The third-order valence-corrected chi connectivity index (χ3v) is 8.25. The summed E-state index contributed by atoms with van der Waals surface area (Å²) in [7, 11) is 0. The van der Waals surface area contributed by atoms with Crippen molar-refractivity contribution in [2.24, 2.45) is 11.8 Å². The van der Waals surface area contributed by atoms with Crippen LogP contribution in [0, 0.1) is 11.8 Å². The van der Waals surface area contributed by atoms with Gasteiger partial charge in [0.2, 0.25) is 0 Å². The van der Waals surface area contributed by atoms with E-state index in [0.29, 0.717) is 0 Å². The maximum atomic E-state index is 2.57. The maximum absolute atomic E-state index is 2.57. The van der Waals surface area contributed by atoms with E-state index in [2.05, 4.69) is 51.1 Å². The van der Waals surface area contributed by atoms with E-state index >= 15 is 0 Å². The van der Waals surface area contributed by atoms with Gasteiger partial charge in [-0.1, -0.05) is 102 Å². The lowest BCUT2D eigenvalue weighted by Gasteiger charge is -2.29. The molecular weight excluding hydrogens is 360 g/mol. The topological polar surface area (TPSA) is 0 Å². The summed E-state index contributed by atoms with van der Waals surface area (Å²) in [5.74, 6) is 3.44. The normalized spacial score (nSPS) is 25.7. The van der Waals surface area contributed by atoms with Crippen molar-refractivity contribution < 1.29 is 0 Å². The molecule has 0 saturated heterocycles. The number of hydrogen-bond acceptors (Lipinski definition) is 0. The second kappa shape index (κ2) is 12.7. The third kappa shape index (κ3) is 7.28. The molecule has 0 aliphatic heterocycles. The lowest BCUT2D eigenvalue weighted by molar-refractivity contribution is 0.302. The van der Waals surface area contributed by atoms with Crippen molar-refractivity contribution in [2.45, 2.75) is 129 Å². The molecule has 0 amide bonds. The van der Waals surface area contributed by atoms with Gasteiger partial charge >= 0.3 is 0 Å². The number of unbranched alkanes of at least 4 members (excludes halogenated alkanes) is 4. The van der Waals surface area contributed by atoms with E-state index in [0.717, 1.165) is 23.7 Å². The Morgan fingerprint density at radius 2 is 1.47 bits per heavy atom. The highest BCUT2D eigenvalue weighted by Gasteiger charge is 2.23. The monoisotopic (exact) mass is 408 g/mol. The highest BCUT2D eigenvalue weighted by Crippen LogP contribution is 2.39. The van der Waals surface area contributed by atoms with Crippen LogP contribution >= 0.6 is 0 Å². The predicted octanol–water partition coefficient (Wildman–Crippen LogP) is 9.95. The number of rotatable bonds is 11. The van der Waals surface area contributed by atoms with Crippen molar-refractivity contribution in [2.75, 3.05) is 0 Å². The summed E-state index contributed by atoms with van der Waals surface area (Å²) in [6, 6.07) is 9.88. The largest absolute Gasteiger partial charge is 0.0847 e. The SMILES string of the molecule is CCCCCCCC1CCC(c2ccc(C3CC=C(CC(C)CC)CC3)cc2)CC1. The van der Waals surface area contributed by atoms with E-state index in [1.165, 1.54) is 96.3 Å². The molecule has 0 spiro atoms. The van der Waals surface area contributed by atoms with Crippen molar-refractivity contribution in [1.29, 1.82) is 0 Å². The second-order valence-electron chi connectivity index (χ2n) is 10.6. The van der Waals surface area contributed by atoms with E-state index in [9.17, 15) is 0 Å². The molecule has 0 heterocycles. The molecule has 2 unspecified atom stereocenters. The zero-order chi connectivity index (χ0) is 21.2. The molecule has 0 nitrogen and oxygen atoms in total. The smallest absolute Gasteiger partial charge is 0.0124 e. The Kier molecular flexibility index (Phi) is 10.0. The van der Waals surface area contributed by atoms with Gasteiger partial charge < -0.3 is 0 Å². The van der Waals surface area contributed by atoms with Gasteiger partial charge in [0.1, 0.15) is 0 Å². The summed E-state index contributed by atoms with van der Waals surface area (Å²) in [6.07, 6.45) is 23.6. The summed E-state index contributed by atoms with van der Waals surface area (Å²) in [5.41, 5.74) is 4.92. The van der Waals surface area contributed by atoms with Crippen molar-refractivity contribution in [3.8, 4) is 0 Å². The van der Waals surface area contributed by atoms with Crippen LogP contribution in [-0.2, 0) is 0 Å². The molecule has 1 saturated carbocycles. The first-order chi connectivity index (χ1) is 14.7. The Labute approximate surface area is 187 Å². The van der Waals surface area contributed by atoms with Crippen LogP contribution in [0.1, 0.15) is 140 Å². The quantitative estimate of drug-likeness (QED) is 0.252. The minimum Gasteiger partial charge on any atom is -0.0847 e. The first kappa shape index (κ1) is 23.6. The molecule has 2 aliphatic carbocycles. The van der Waals surface area contributed by atoms with Gasteiger partial charge in [-0.25, -0.2) is 0 Å². The molecule has 3 rings (SSSR count). The Bertz CT molecular complexity index is 614.